The Morgan fingerprint density at radius 2 is 1.92 bits per heavy atom. The third-order valence-electron chi connectivity index (χ3n) is 5.97. The maximum absolute atomic E-state index is 14.8. The number of rotatable bonds is 6. The zero-order chi connectivity index (χ0) is 25.6. The van der Waals surface area contributed by atoms with E-state index in [1.165, 1.54) is 59.5 Å². The summed E-state index contributed by atoms with van der Waals surface area (Å²) in [5.74, 6) is -2.43. The molecule has 5 rings (SSSR count). The van der Waals surface area contributed by atoms with Gasteiger partial charge >= 0.3 is 0 Å². The number of halogens is 4. The summed E-state index contributed by atoms with van der Waals surface area (Å²) >= 11 is 5.86. The highest BCUT2D eigenvalue weighted by Gasteiger charge is 2.41. The van der Waals surface area contributed by atoms with Crippen molar-refractivity contribution >= 4 is 22.5 Å². The molecule has 0 aliphatic rings. The van der Waals surface area contributed by atoms with E-state index in [4.69, 9.17) is 11.6 Å². The first-order chi connectivity index (χ1) is 17.2. The van der Waals surface area contributed by atoms with E-state index < -0.39 is 34.7 Å². The molecule has 0 aliphatic carbocycles. The number of hydrogen-bond donors (Lipinski definition) is 1. The van der Waals surface area contributed by atoms with Gasteiger partial charge in [0.1, 0.15) is 35.7 Å². The minimum atomic E-state index is -2.09. The van der Waals surface area contributed by atoms with E-state index in [1.807, 2.05) is 0 Å². The highest BCUT2D eigenvalue weighted by atomic mass is 35.5. The van der Waals surface area contributed by atoms with Crippen LogP contribution in [0.15, 0.2) is 66.2 Å². The van der Waals surface area contributed by atoms with Crippen molar-refractivity contribution in [2.75, 3.05) is 0 Å². The molecular formula is C23H17ClF3N7O2. The highest BCUT2D eigenvalue weighted by Crippen LogP contribution is 2.36. The van der Waals surface area contributed by atoms with Crippen LogP contribution in [0.3, 0.4) is 0 Å². The van der Waals surface area contributed by atoms with Crippen LogP contribution in [0.25, 0.3) is 16.6 Å². The molecule has 5 aromatic rings. The molecule has 13 heteroatoms. The second kappa shape index (κ2) is 8.88. The Hall–Kier alpha value is -4.03. The molecule has 9 nitrogen and oxygen atoms in total. The predicted octanol–water partition coefficient (Wildman–Crippen LogP) is 3.39. The van der Waals surface area contributed by atoms with Crippen molar-refractivity contribution in [3.05, 3.63) is 99.8 Å². The van der Waals surface area contributed by atoms with Gasteiger partial charge in [0.15, 0.2) is 5.52 Å². The second-order valence-corrected chi connectivity index (χ2v) is 8.59. The Bertz CT molecular complexity index is 1640. The third kappa shape index (κ3) is 4.03. The Balaban J connectivity index is 1.62. The lowest BCUT2D eigenvalue weighted by atomic mass is 9.86. The zero-order valence-corrected chi connectivity index (χ0v) is 19.3. The average molecular weight is 516 g/mol. The van der Waals surface area contributed by atoms with Crippen LogP contribution in [0, 0.1) is 17.5 Å². The number of benzene rings is 2. The summed E-state index contributed by atoms with van der Waals surface area (Å²) in [5, 5.41) is 24.4. The van der Waals surface area contributed by atoms with Crippen molar-refractivity contribution in [3.63, 3.8) is 0 Å². The van der Waals surface area contributed by atoms with Gasteiger partial charge in [0.05, 0.1) is 29.5 Å². The lowest BCUT2D eigenvalue weighted by Gasteiger charge is -2.34. The first-order valence-corrected chi connectivity index (χ1v) is 11.0. The molecule has 0 amide bonds. The number of fused-ring (bicyclic) bond motifs is 1. The molecule has 0 unspecified atom stereocenters. The summed E-state index contributed by atoms with van der Waals surface area (Å²) in [6.45, 7) is 1.15. The van der Waals surface area contributed by atoms with E-state index in [9.17, 15) is 23.1 Å². The quantitative estimate of drug-likeness (QED) is 0.372. The fraction of sp³-hybridized carbons (Fsp3) is 0.174. The van der Waals surface area contributed by atoms with Crippen molar-refractivity contribution in [1.82, 2.24) is 34.3 Å². The van der Waals surface area contributed by atoms with Crippen LogP contribution in [0.4, 0.5) is 13.2 Å². The first-order valence-electron chi connectivity index (χ1n) is 10.6. The van der Waals surface area contributed by atoms with E-state index in [-0.39, 0.29) is 22.6 Å². The van der Waals surface area contributed by atoms with E-state index in [1.54, 1.807) is 0 Å². The third-order valence-corrected chi connectivity index (χ3v) is 6.26. The SMILES string of the molecule is C[C@@H](n1ncc2cn(-c3ccc(F)c(Cl)c3)nc2c1=O)[C@](O)(Cn1cncn1)c1ccc(F)cc1F. The van der Waals surface area contributed by atoms with Gasteiger partial charge in [0, 0.05) is 23.2 Å². The molecular weight excluding hydrogens is 499 g/mol. The van der Waals surface area contributed by atoms with E-state index in [2.05, 4.69) is 20.3 Å². The summed E-state index contributed by atoms with van der Waals surface area (Å²) in [6, 6.07) is 5.56. The number of aliphatic hydroxyl groups is 1. The molecule has 0 saturated heterocycles. The highest BCUT2D eigenvalue weighted by molar-refractivity contribution is 6.30. The molecule has 0 bridgehead atoms. The molecule has 0 spiro atoms. The van der Waals surface area contributed by atoms with Crippen LogP contribution < -0.4 is 5.56 Å². The summed E-state index contributed by atoms with van der Waals surface area (Å²) in [7, 11) is 0. The standard InChI is InChI=1S/C23H17ClF3N7O2/c1-13(23(36,10-32-12-28-11-30-32)17-4-2-15(25)6-20(17)27)34-22(35)21-14(8-29-34)9-33(31-21)16-3-5-19(26)18(24)7-16/h2-9,11-13,36H,10H2,1H3/t13-,23-/m1/s1. The van der Waals surface area contributed by atoms with E-state index >= 15 is 0 Å². The molecule has 3 heterocycles. The molecule has 2 aromatic carbocycles. The van der Waals surface area contributed by atoms with Crippen LogP contribution in [-0.2, 0) is 12.1 Å². The predicted molar refractivity (Wildman–Crippen MR) is 123 cm³/mol. The van der Waals surface area contributed by atoms with E-state index in [0.29, 0.717) is 17.1 Å². The summed E-state index contributed by atoms with van der Waals surface area (Å²) in [5.41, 5.74) is -2.62. The number of hydrogen-bond acceptors (Lipinski definition) is 6. The Morgan fingerprint density at radius 3 is 2.61 bits per heavy atom. The lowest BCUT2D eigenvalue weighted by molar-refractivity contribution is -0.0382. The molecule has 0 fully saturated rings. The molecule has 184 valence electrons. The summed E-state index contributed by atoms with van der Waals surface area (Å²) < 4.78 is 45.6. The molecule has 0 aliphatic heterocycles. The fourth-order valence-corrected chi connectivity index (χ4v) is 4.19. The maximum atomic E-state index is 14.8. The van der Waals surface area contributed by atoms with Gasteiger partial charge in [0.2, 0.25) is 0 Å². The van der Waals surface area contributed by atoms with Crippen molar-refractivity contribution in [2.45, 2.75) is 25.1 Å². The van der Waals surface area contributed by atoms with Gasteiger partial charge in [-0.15, -0.1) is 0 Å². The van der Waals surface area contributed by atoms with Crippen molar-refractivity contribution in [1.29, 1.82) is 0 Å². The van der Waals surface area contributed by atoms with Crippen LogP contribution in [0.5, 0.6) is 0 Å². The van der Waals surface area contributed by atoms with Crippen LogP contribution in [0.1, 0.15) is 18.5 Å². The second-order valence-electron chi connectivity index (χ2n) is 8.19. The Kier molecular flexibility index (Phi) is 5.85. The molecule has 2 atom stereocenters. The number of nitrogens with zero attached hydrogens (tertiary/aromatic N) is 7. The Labute approximate surface area is 206 Å². The lowest BCUT2D eigenvalue weighted by Crippen LogP contribution is -2.44. The minimum Gasteiger partial charge on any atom is -0.381 e. The largest absolute Gasteiger partial charge is 0.381 e. The van der Waals surface area contributed by atoms with Crippen LogP contribution >= 0.6 is 11.6 Å². The Morgan fingerprint density at radius 1 is 1.11 bits per heavy atom. The van der Waals surface area contributed by atoms with Gasteiger partial charge in [-0.1, -0.05) is 17.7 Å². The van der Waals surface area contributed by atoms with Gasteiger partial charge in [-0.3, -0.25) is 4.79 Å². The van der Waals surface area contributed by atoms with Gasteiger partial charge < -0.3 is 5.11 Å². The molecule has 36 heavy (non-hydrogen) atoms. The van der Waals surface area contributed by atoms with Crippen LogP contribution in [0.2, 0.25) is 5.02 Å². The summed E-state index contributed by atoms with van der Waals surface area (Å²) in [6.07, 6.45) is 5.42. The first kappa shape index (κ1) is 23.7. The van der Waals surface area contributed by atoms with Crippen molar-refractivity contribution < 1.29 is 18.3 Å². The molecule has 0 radical (unpaired) electrons. The number of aromatic nitrogens is 7. The van der Waals surface area contributed by atoms with Crippen LogP contribution in [-0.4, -0.2) is 39.4 Å². The molecule has 1 N–H and O–H groups in total. The minimum absolute atomic E-state index is 0.0000173. The zero-order valence-electron chi connectivity index (χ0n) is 18.6. The fourth-order valence-electron chi connectivity index (χ4n) is 4.02. The normalized spacial score (nSPS) is 14.2. The van der Waals surface area contributed by atoms with Crippen molar-refractivity contribution in [2.24, 2.45) is 0 Å². The van der Waals surface area contributed by atoms with E-state index in [0.717, 1.165) is 16.8 Å². The smallest absolute Gasteiger partial charge is 0.295 e. The topological polar surface area (TPSA) is 104 Å². The summed E-state index contributed by atoms with van der Waals surface area (Å²) in [4.78, 5) is 17.2. The maximum Gasteiger partial charge on any atom is 0.295 e. The molecule has 0 saturated carbocycles. The van der Waals surface area contributed by atoms with Crippen molar-refractivity contribution in [3.8, 4) is 5.69 Å². The van der Waals surface area contributed by atoms with Gasteiger partial charge in [0.25, 0.3) is 5.56 Å². The molecule has 3 aromatic heterocycles. The monoisotopic (exact) mass is 515 g/mol. The van der Waals surface area contributed by atoms with Gasteiger partial charge in [-0.25, -0.2) is 32.2 Å². The van der Waals surface area contributed by atoms with Gasteiger partial charge in [-0.2, -0.15) is 15.3 Å². The average Bonchev–Trinajstić information content (AvgIpc) is 3.51. The van der Waals surface area contributed by atoms with Gasteiger partial charge in [-0.05, 0) is 31.2 Å².